The first-order valence-corrected chi connectivity index (χ1v) is 5.95. The molecule has 0 atom stereocenters. The number of carbonyl (C=O) groups is 1. The minimum Gasteiger partial charge on any atom is -0.441 e. The molecule has 1 aromatic carbocycles. The van der Waals surface area contributed by atoms with Crippen LogP contribution < -0.4 is 0 Å². The Morgan fingerprint density at radius 2 is 1.84 bits per heavy atom. The Morgan fingerprint density at radius 3 is 2.42 bits per heavy atom. The van der Waals surface area contributed by atoms with Gasteiger partial charge >= 0.3 is 6.09 Å². The number of hydrogen-bond donors (Lipinski definition) is 0. The van der Waals surface area contributed by atoms with Gasteiger partial charge in [-0.2, -0.15) is 0 Å². The highest BCUT2D eigenvalue weighted by atomic mass is 16.6. The van der Waals surface area contributed by atoms with Gasteiger partial charge in [-0.3, -0.25) is 0 Å². The molecule has 2 aromatic rings. The van der Waals surface area contributed by atoms with Crippen LogP contribution in [-0.2, 0) is 4.74 Å². The second-order valence-corrected chi connectivity index (χ2v) is 5.25. The van der Waals surface area contributed by atoms with Gasteiger partial charge in [-0.15, -0.1) is 10.2 Å². The quantitative estimate of drug-likeness (QED) is 0.787. The van der Waals surface area contributed by atoms with Gasteiger partial charge in [0.1, 0.15) is 5.60 Å². The summed E-state index contributed by atoms with van der Waals surface area (Å²) in [5.41, 5.74) is 1.36. The fourth-order valence-electron chi connectivity index (χ4n) is 1.41. The lowest BCUT2D eigenvalue weighted by atomic mass is 10.1. The van der Waals surface area contributed by atoms with Crippen molar-refractivity contribution in [1.29, 1.82) is 0 Å². The third-order valence-corrected chi connectivity index (χ3v) is 2.28. The molecule has 19 heavy (non-hydrogen) atoms. The monoisotopic (exact) mass is 260 g/mol. The van der Waals surface area contributed by atoms with Crippen molar-refractivity contribution in [2.75, 3.05) is 0 Å². The predicted molar refractivity (Wildman–Crippen MR) is 69.6 cm³/mol. The maximum absolute atomic E-state index is 11.7. The van der Waals surface area contributed by atoms with E-state index in [2.05, 4.69) is 15.4 Å². The number of carbonyl (C=O) groups excluding carboxylic acids is 1. The molecule has 1 aromatic heterocycles. The summed E-state index contributed by atoms with van der Waals surface area (Å²) in [6, 6.07) is 7.66. The molecule has 6 nitrogen and oxygen atoms in total. The van der Waals surface area contributed by atoms with Crippen molar-refractivity contribution in [2.24, 2.45) is 0 Å². The topological polar surface area (TPSA) is 69.9 Å². The summed E-state index contributed by atoms with van der Waals surface area (Å²) in [5.74, 6) is 0.394. The lowest BCUT2D eigenvalue weighted by molar-refractivity contribution is 0.0485. The van der Waals surface area contributed by atoms with Crippen LogP contribution in [0, 0.1) is 6.92 Å². The molecule has 0 fully saturated rings. The first kappa shape index (κ1) is 13.2. The Morgan fingerprint density at radius 1 is 1.21 bits per heavy atom. The van der Waals surface area contributed by atoms with Crippen molar-refractivity contribution >= 4 is 6.09 Å². The number of aromatic nitrogens is 4. The van der Waals surface area contributed by atoms with Crippen LogP contribution in [0.25, 0.3) is 11.4 Å². The highest BCUT2D eigenvalue weighted by Crippen LogP contribution is 2.14. The molecule has 0 bridgehead atoms. The summed E-state index contributed by atoms with van der Waals surface area (Å²) in [6.45, 7) is 7.34. The molecule has 0 amide bonds. The summed E-state index contributed by atoms with van der Waals surface area (Å²) < 4.78 is 5.15. The van der Waals surface area contributed by atoms with E-state index in [9.17, 15) is 4.79 Å². The first-order chi connectivity index (χ1) is 8.85. The van der Waals surface area contributed by atoms with E-state index in [0.29, 0.717) is 5.82 Å². The van der Waals surface area contributed by atoms with E-state index in [1.165, 1.54) is 0 Å². The fourth-order valence-corrected chi connectivity index (χ4v) is 1.41. The SMILES string of the molecule is Cc1ccc(-c2nnn(C(=O)OC(C)(C)C)n2)cc1. The number of ether oxygens (including phenoxy) is 1. The molecule has 0 aliphatic heterocycles. The first-order valence-electron chi connectivity index (χ1n) is 5.95. The highest BCUT2D eigenvalue weighted by molar-refractivity contribution is 5.69. The number of benzene rings is 1. The molecule has 0 radical (unpaired) electrons. The van der Waals surface area contributed by atoms with Gasteiger partial charge < -0.3 is 4.74 Å². The Hall–Kier alpha value is -2.24. The van der Waals surface area contributed by atoms with E-state index in [0.717, 1.165) is 15.9 Å². The summed E-state index contributed by atoms with van der Waals surface area (Å²) in [6.07, 6.45) is -0.640. The largest absolute Gasteiger partial charge is 0.454 e. The molecule has 0 unspecified atom stereocenters. The van der Waals surface area contributed by atoms with Crippen LogP contribution in [0.15, 0.2) is 24.3 Å². The van der Waals surface area contributed by atoms with E-state index in [1.807, 2.05) is 31.2 Å². The molecular weight excluding hydrogens is 244 g/mol. The van der Waals surface area contributed by atoms with Gasteiger partial charge in [-0.05, 0) is 32.9 Å². The van der Waals surface area contributed by atoms with Gasteiger partial charge in [0.15, 0.2) is 0 Å². The van der Waals surface area contributed by atoms with Gasteiger partial charge in [0.2, 0.25) is 5.82 Å². The third kappa shape index (κ3) is 3.37. The summed E-state index contributed by atoms with van der Waals surface area (Å²) in [7, 11) is 0. The van der Waals surface area contributed by atoms with Crippen molar-refractivity contribution in [3.63, 3.8) is 0 Å². The van der Waals surface area contributed by atoms with Gasteiger partial charge in [0, 0.05) is 5.56 Å². The van der Waals surface area contributed by atoms with E-state index in [1.54, 1.807) is 20.8 Å². The average molecular weight is 260 g/mol. The van der Waals surface area contributed by atoms with Crippen LogP contribution in [0.4, 0.5) is 4.79 Å². The molecule has 0 saturated carbocycles. The van der Waals surface area contributed by atoms with Crippen LogP contribution in [-0.4, -0.2) is 31.9 Å². The summed E-state index contributed by atoms with van der Waals surface area (Å²) in [4.78, 5) is 12.6. The molecule has 0 aliphatic rings. The highest BCUT2D eigenvalue weighted by Gasteiger charge is 2.20. The Labute approximate surface area is 111 Å². The fraction of sp³-hybridized carbons (Fsp3) is 0.385. The van der Waals surface area contributed by atoms with Crippen LogP contribution in [0.3, 0.4) is 0 Å². The average Bonchev–Trinajstić information content (AvgIpc) is 2.77. The molecule has 6 heteroatoms. The smallest absolute Gasteiger partial charge is 0.441 e. The number of rotatable bonds is 1. The maximum Gasteiger partial charge on any atom is 0.454 e. The van der Waals surface area contributed by atoms with Gasteiger partial charge in [-0.1, -0.05) is 34.6 Å². The Kier molecular flexibility index (Phi) is 3.33. The Bertz CT molecular complexity index is 581. The van der Waals surface area contributed by atoms with E-state index in [-0.39, 0.29) is 0 Å². The van der Waals surface area contributed by atoms with Crippen molar-refractivity contribution in [2.45, 2.75) is 33.3 Å². The molecule has 0 aliphatic carbocycles. The van der Waals surface area contributed by atoms with Crippen molar-refractivity contribution in [3.8, 4) is 11.4 Å². The number of aryl methyl sites for hydroxylation is 1. The second kappa shape index (κ2) is 4.79. The van der Waals surface area contributed by atoms with Crippen LogP contribution in [0.1, 0.15) is 26.3 Å². The van der Waals surface area contributed by atoms with E-state index in [4.69, 9.17) is 4.74 Å². The molecule has 0 spiro atoms. The van der Waals surface area contributed by atoms with E-state index < -0.39 is 11.7 Å². The zero-order chi connectivity index (χ0) is 14.0. The summed E-state index contributed by atoms with van der Waals surface area (Å²) >= 11 is 0. The Balaban J connectivity index is 2.19. The molecule has 0 saturated heterocycles. The third-order valence-electron chi connectivity index (χ3n) is 2.28. The number of tetrazole rings is 1. The van der Waals surface area contributed by atoms with Gasteiger partial charge in [-0.25, -0.2) is 4.79 Å². The minimum atomic E-state index is -0.640. The van der Waals surface area contributed by atoms with Crippen molar-refractivity contribution < 1.29 is 9.53 Å². The molecule has 0 N–H and O–H groups in total. The zero-order valence-electron chi connectivity index (χ0n) is 11.4. The van der Waals surface area contributed by atoms with Gasteiger partial charge in [0.05, 0.1) is 0 Å². The molecule has 1 heterocycles. The molecule has 2 rings (SSSR count). The lowest BCUT2D eigenvalue weighted by Crippen LogP contribution is -2.28. The predicted octanol–water partition coefficient (Wildman–Crippen LogP) is 2.43. The molecular formula is C13H16N4O2. The van der Waals surface area contributed by atoms with Crippen LogP contribution in [0.5, 0.6) is 0 Å². The van der Waals surface area contributed by atoms with E-state index >= 15 is 0 Å². The standard InChI is InChI=1S/C13H16N4O2/c1-9-5-7-10(8-6-9)11-14-16-17(15-11)12(18)19-13(2,3)4/h5-8H,1-4H3. The summed E-state index contributed by atoms with van der Waals surface area (Å²) in [5, 5.41) is 11.6. The normalized spacial score (nSPS) is 11.4. The number of hydrogen-bond acceptors (Lipinski definition) is 5. The number of nitrogens with zero attached hydrogens (tertiary/aromatic N) is 4. The van der Waals surface area contributed by atoms with Gasteiger partial charge in [0.25, 0.3) is 0 Å². The van der Waals surface area contributed by atoms with Crippen LogP contribution >= 0.6 is 0 Å². The maximum atomic E-state index is 11.7. The zero-order valence-corrected chi connectivity index (χ0v) is 11.4. The van der Waals surface area contributed by atoms with Crippen LogP contribution in [0.2, 0.25) is 0 Å². The second-order valence-electron chi connectivity index (χ2n) is 5.25. The lowest BCUT2D eigenvalue weighted by Gasteiger charge is -2.17. The minimum absolute atomic E-state index is 0.394. The molecule has 100 valence electrons. The van der Waals surface area contributed by atoms with Crippen molar-refractivity contribution in [3.05, 3.63) is 29.8 Å². The van der Waals surface area contributed by atoms with Crippen molar-refractivity contribution in [1.82, 2.24) is 20.2 Å².